The average Bonchev–Trinajstić information content (AvgIpc) is 3.53. The summed E-state index contributed by atoms with van der Waals surface area (Å²) in [6.07, 6.45) is -10.9. The molecule has 21 heteroatoms. The average molecular weight is 662 g/mol. The molecule has 14 atom stereocenters. The topological polar surface area (TPSA) is 292 Å². The number of carbonyl (C=O) groups excluding carboxylic acids is 1. The van der Waals surface area contributed by atoms with Gasteiger partial charge in [0.1, 0.15) is 60.6 Å². The smallest absolute Gasteiger partial charge is 0.280 e. The third kappa shape index (κ3) is 5.57. The summed E-state index contributed by atoms with van der Waals surface area (Å²) < 4.78 is 48.2. The summed E-state index contributed by atoms with van der Waals surface area (Å²) in [5, 5.41) is 48.0. The summed E-state index contributed by atoms with van der Waals surface area (Å²) in [4.78, 5) is 38.0. The van der Waals surface area contributed by atoms with E-state index in [1.54, 1.807) is 14.0 Å². The van der Waals surface area contributed by atoms with E-state index in [1.807, 2.05) is 0 Å². The lowest BCUT2D eigenvalue weighted by Gasteiger charge is -2.55. The van der Waals surface area contributed by atoms with Crippen molar-refractivity contribution in [1.29, 1.82) is 0 Å². The van der Waals surface area contributed by atoms with Crippen molar-refractivity contribution in [1.82, 2.24) is 24.8 Å². The van der Waals surface area contributed by atoms with Crippen LogP contribution in [0.1, 0.15) is 19.6 Å². The van der Waals surface area contributed by atoms with E-state index in [0.29, 0.717) is 0 Å². The van der Waals surface area contributed by atoms with Crippen LogP contribution < -0.4 is 21.3 Å². The van der Waals surface area contributed by atoms with Crippen LogP contribution in [0.5, 0.6) is 0 Å². The van der Waals surface area contributed by atoms with Crippen LogP contribution in [0.4, 0.5) is 5.82 Å². The van der Waals surface area contributed by atoms with Gasteiger partial charge in [0.2, 0.25) is 6.29 Å². The van der Waals surface area contributed by atoms with Crippen LogP contribution in [-0.4, -0.2) is 139 Å². The van der Waals surface area contributed by atoms with Crippen LogP contribution in [0, 0.1) is 0 Å². The zero-order valence-corrected chi connectivity index (χ0v) is 25.2. The lowest BCUT2D eigenvalue weighted by molar-refractivity contribution is -0.685. The van der Waals surface area contributed by atoms with Crippen molar-refractivity contribution in [2.24, 2.45) is 0 Å². The Morgan fingerprint density at radius 3 is 2.67 bits per heavy atom. The molecule has 0 aromatic carbocycles. The van der Waals surface area contributed by atoms with Crippen molar-refractivity contribution >= 4 is 30.6 Å². The highest BCUT2D eigenvalue weighted by atomic mass is 31.2. The number of anilines is 1. The first kappa shape index (κ1) is 32.7. The number of nitrogens with two attached hydrogens (primary N) is 2. The zero-order chi connectivity index (χ0) is 32.4. The molecule has 0 radical (unpaired) electrons. The minimum atomic E-state index is -5.27. The Balaban J connectivity index is 1.19. The summed E-state index contributed by atoms with van der Waals surface area (Å²) in [5.74, 6) is -3.09. The first-order chi connectivity index (χ1) is 21.3. The van der Waals surface area contributed by atoms with Gasteiger partial charge in [-0.15, -0.1) is 0 Å². The third-order valence-electron chi connectivity index (χ3n) is 8.65. The van der Waals surface area contributed by atoms with Gasteiger partial charge in [-0.2, -0.15) is 0 Å². The van der Waals surface area contributed by atoms with E-state index in [1.165, 1.54) is 29.6 Å². The second kappa shape index (κ2) is 12.1. The largest absolute Gasteiger partial charge is 0.756 e. The Kier molecular flexibility index (Phi) is 8.76. The second-order valence-electron chi connectivity index (χ2n) is 11.4. The van der Waals surface area contributed by atoms with Gasteiger partial charge in [-0.05, 0) is 14.0 Å². The fraction of sp³-hybridized carbons (Fsp3) is 0.750. The molecule has 20 nitrogen and oxygen atoms in total. The van der Waals surface area contributed by atoms with Crippen molar-refractivity contribution in [2.75, 3.05) is 26.4 Å². The maximum atomic E-state index is 13.2. The van der Waals surface area contributed by atoms with Crippen LogP contribution in [0.25, 0.3) is 11.2 Å². The van der Waals surface area contributed by atoms with Gasteiger partial charge >= 0.3 is 0 Å². The molecule has 1 unspecified atom stereocenters. The van der Waals surface area contributed by atoms with Gasteiger partial charge in [-0.3, -0.25) is 13.9 Å². The van der Waals surface area contributed by atoms with Gasteiger partial charge in [0.05, 0.1) is 32.1 Å². The number of imidazole rings is 1. The van der Waals surface area contributed by atoms with Crippen LogP contribution in [0.3, 0.4) is 0 Å². The van der Waals surface area contributed by atoms with Crippen molar-refractivity contribution in [2.45, 2.75) is 92.6 Å². The molecule has 0 spiro atoms. The Labute approximate surface area is 255 Å². The van der Waals surface area contributed by atoms with Crippen LogP contribution in [0.2, 0.25) is 0 Å². The molecule has 3 aliphatic heterocycles. The maximum absolute atomic E-state index is 13.2. The number of quaternary nitrogens is 1. The molecule has 1 aliphatic carbocycles. The molecular weight excluding hydrogens is 625 g/mol. The monoisotopic (exact) mass is 661 g/mol. The molecule has 2 aromatic heterocycles. The number of nitrogen functional groups attached to an aromatic ring is 1. The standard InChI is InChI=1S/C24H36N7O13P/c1-8-4-10(32)24(36)23(40-8)42-19-17(43-24)11(26-2)15(34)12(27-3)18(19)44-45(37,38)39-5-9-14(33)16(35)22(41-9)31-7-30-13-20(25)28-6-29-21(13)31/h6-9,11-12,14-19,22-23,26-27,33-36H,4-5H2,1-3H3,(H,37,38)(H2,25,28,29)/t8-,9-,11+,12-,14-,15-,16-,17-,18+,19+,22-,23+,24+/m1/s1. The van der Waals surface area contributed by atoms with E-state index in [9.17, 15) is 34.7 Å². The number of hydrogen-bond donors (Lipinski definition) is 7. The van der Waals surface area contributed by atoms with Crippen molar-refractivity contribution in [3.63, 3.8) is 0 Å². The van der Waals surface area contributed by atoms with Gasteiger partial charge in [0.25, 0.3) is 13.6 Å². The molecular formula is C24H36N7O13P. The van der Waals surface area contributed by atoms with Crippen LogP contribution in [0.15, 0.2) is 12.7 Å². The number of nitrogens with one attached hydrogen (secondary N) is 1. The molecule has 9 N–H and O–H groups in total. The van der Waals surface area contributed by atoms with E-state index in [0.717, 1.165) is 0 Å². The number of aliphatic hydroxyl groups excluding tert-OH is 3. The molecule has 4 fully saturated rings. The van der Waals surface area contributed by atoms with Crippen molar-refractivity contribution in [3.05, 3.63) is 12.7 Å². The third-order valence-corrected chi connectivity index (χ3v) is 9.62. The number of phosphoric acid groups is 1. The van der Waals surface area contributed by atoms with Gasteiger partial charge < -0.3 is 69.7 Å². The minimum Gasteiger partial charge on any atom is -0.756 e. The lowest BCUT2D eigenvalue weighted by atomic mass is 9.80. The second-order valence-corrected chi connectivity index (χ2v) is 12.8. The highest BCUT2D eigenvalue weighted by Crippen LogP contribution is 2.47. The Bertz CT molecular complexity index is 1470. The van der Waals surface area contributed by atoms with Gasteiger partial charge in [0.15, 0.2) is 23.5 Å². The van der Waals surface area contributed by atoms with Gasteiger partial charge in [0, 0.05) is 6.42 Å². The number of carbonyl (C=O) groups is 1. The van der Waals surface area contributed by atoms with Crippen LogP contribution in [-0.2, 0) is 37.4 Å². The van der Waals surface area contributed by atoms with E-state index in [2.05, 4.69) is 20.3 Å². The molecule has 250 valence electrons. The molecule has 0 bridgehead atoms. The number of rotatable bonds is 8. The summed E-state index contributed by atoms with van der Waals surface area (Å²) in [5.41, 5.74) is 6.26. The van der Waals surface area contributed by atoms with Gasteiger partial charge in [-0.25, -0.2) is 15.0 Å². The maximum Gasteiger partial charge on any atom is 0.280 e. The summed E-state index contributed by atoms with van der Waals surface area (Å²) in [6.45, 7) is 0.834. The van der Waals surface area contributed by atoms with E-state index >= 15 is 0 Å². The molecule has 45 heavy (non-hydrogen) atoms. The number of phosphoric ester groups is 1. The van der Waals surface area contributed by atoms with Crippen molar-refractivity contribution < 1.29 is 68.0 Å². The highest BCUT2D eigenvalue weighted by Gasteiger charge is 2.65. The van der Waals surface area contributed by atoms with E-state index in [4.69, 9.17) is 33.7 Å². The fourth-order valence-corrected chi connectivity index (χ4v) is 7.32. The predicted molar refractivity (Wildman–Crippen MR) is 143 cm³/mol. The van der Waals surface area contributed by atoms with E-state index in [-0.39, 0.29) is 23.4 Å². The minimum absolute atomic E-state index is 0.0861. The Morgan fingerprint density at radius 2 is 1.96 bits per heavy atom. The number of hydrogen-bond acceptors (Lipinski definition) is 18. The fourth-order valence-electron chi connectivity index (χ4n) is 6.37. The van der Waals surface area contributed by atoms with Gasteiger partial charge in [-0.1, -0.05) is 0 Å². The van der Waals surface area contributed by atoms with Crippen LogP contribution >= 0.6 is 7.82 Å². The summed E-state index contributed by atoms with van der Waals surface area (Å²) in [7, 11) is -2.17. The number of ketones is 1. The summed E-state index contributed by atoms with van der Waals surface area (Å²) in [6, 6.07) is -1.88. The first-order valence-corrected chi connectivity index (χ1v) is 15.7. The zero-order valence-electron chi connectivity index (χ0n) is 24.4. The Hall–Kier alpha value is -2.27. The highest BCUT2D eigenvalue weighted by molar-refractivity contribution is 7.45. The number of Topliss-reactive ketones (excluding diaryl/α,β-unsaturated/α-hetero) is 1. The molecule has 6 rings (SSSR count). The normalized spacial score (nSPS) is 43.2. The predicted octanol–water partition coefficient (Wildman–Crippen LogP) is -5.40. The molecule has 1 saturated carbocycles. The Morgan fingerprint density at radius 1 is 1.20 bits per heavy atom. The number of aromatic nitrogens is 4. The molecule has 2 aromatic rings. The number of nitrogens with zero attached hydrogens (tertiary/aromatic N) is 4. The molecule has 0 amide bonds. The van der Waals surface area contributed by atoms with Crippen molar-refractivity contribution in [3.8, 4) is 0 Å². The summed E-state index contributed by atoms with van der Waals surface area (Å²) >= 11 is 0. The number of fused-ring (bicyclic) bond motifs is 3. The first-order valence-electron chi connectivity index (χ1n) is 14.3. The molecule has 5 heterocycles. The van der Waals surface area contributed by atoms with E-state index < -0.39 is 99.4 Å². The SMILES string of the molecule is CN[C@H]1[C@@H](O)[C@@H]([NH2+]C)[C@H](OP(=O)([O-])OC[C@H]2O[C@@H](n3cnc4c(N)ncnc43)[C@H](O)[C@@H]2O)[C@H]2O[C@@H]3O[C@H](C)CC(=O)[C@]3(O)O[C@H]12. The number of likely N-dealkylation sites (N-methyl/N-ethyl adjacent to an activating group) is 2. The molecule has 3 saturated heterocycles. The number of aliphatic hydroxyl groups is 4. The quantitative estimate of drug-likeness (QED) is 0.130. The lowest BCUT2D eigenvalue weighted by Crippen LogP contribution is -2.96. The molecule has 4 aliphatic rings. The number of ether oxygens (including phenoxy) is 4.